The lowest BCUT2D eigenvalue weighted by molar-refractivity contribution is -0.0797. The van der Waals surface area contributed by atoms with Crippen LogP contribution in [0.5, 0.6) is 5.75 Å². The lowest BCUT2D eigenvalue weighted by Crippen LogP contribution is -2.38. The summed E-state index contributed by atoms with van der Waals surface area (Å²) >= 11 is 3.49. The fraction of sp³-hybridized carbons (Fsp3) is 0.455. The molecule has 1 saturated heterocycles. The number of ether oxygens (including phenoxy) is 2. The van der Waals surface area contributed by atoms with Gasteiger partial charge in [-0.05, 0) is 24.6 Å². The van der Waals surface area contributed by atoms with Crippen LogP contribution >= 0.6 is 15.9 Å². The standard InChI is InChI=1S/C11H14BrNO2/c1-7(13)10-3-2-8(4-11(10)12)15-9-5-14-6-9/h2-4,7,9H,5-6,13H2,1H3/t7-/m0/s1. The van der Waals surface area contributed by atoms with E-state index in [0.717, 1.165) is 15.8 Å². The van der Waals surface area contributed by atoms with Crippen molar-refractivity contribution in [3.8, 4) is 5.75 Å². The molecule has 2 rings (SSSR count). The Labute approximate surface area is 97.7 Å². The van der Waals surface area contributed by atoms with Crippen LogP contribution in [-0.2, 0) is 4.74 Å². The molecule has 2 N–H and O–H groups in total. The summed E-state index contributed by atoms with van der Waals surface area (Å²) in [6.07, 6.45) is 0.207. The molecule has 82 valence electrons. The Bertz CT molecular complexity index is 350. The van der Waals surface area contributed by atoms with Crippen LogP contribution in [0.15, 0.2) is 22.7 Å². The molecule has 1 aromatic rings. The van der Waals surface area contributed by atoms with Gasteiger partial charge >= 0.3 is 0 Å². The van der Waals surface area contributed by atoms with Gasteiger partial charge in [-0.15, -0.1) is 0 Å². The van der Waals surface area contributed by atoms with Gasteiger partial charge in [-0.2, -0.15) is 0 Å². The first-order chi connectivity index (χ1) is 7.16. The maximum atomic E-state index is 5.81. The van der Waals surface area contributed by atoms with Gasteiger partial charge in [0.2, 0.25) is 0 Å². The summed E-state index contributed by atoms with van der Waals surface area (Å²) in [6, 6.07) is 5.92. The molecule has 1 atom stereocenters. The molecule has 0 saturated carbocycles. The second kappa shape index (κ2) is 4.51. The van der Waals surface area contributed by atoms with E-state index in [9.17, 15) is 0 Å². The summed E-state index contributed by atoms with van der Waals surface area (Å²) in [5.41, 5.74) is 6.90. The SMILES string of the molecule is C[C@H](N)c1ccc(OC2COC2)cc1Br. The fourth-order valence-corrected chi connectivity index (χ4v) is 2.14. The fourth-order valence-electron chi connectivity index (χ4n) is 1.43. The van der Waals surface area contributed by atoms with Gasteiger partial charge in [-0.25, -0.2) is 0 Å². The molecule has 0 bridgehead atoms. The van der Waals surface area contributed by atoms with E-state index < -0.39 is 0 Å². The molecule has 0 radical (unpaired) electrons. The average molecular weight is 272 g/mol. The van der Waals surface area contributed by atoms with Crippen LogP contribution in [0.2, 0.25) is 0 Å². The summed E-state index contributed by atoms with van der Waals surface area (Å²) in [4.78, 5) is 0. The molecule has 1 aromatic carbocycles. The largest absolute Gasteiger partial charge is 0.486 e. The van der Waals surface area contributed by atoms with E-state index in [1.807, 2.05) is 25.1 Å². The summed E-state index contributed by atoms with van der Waals surface area (Å²) in [7, 11) is 0. The highest BCUT2D eigenvalue weighted by Crippen LogP contribution is 2.27. The predicted octanol–water partition coefficient (Wildman–Crippen LogP) is 2.25. The highest BCUT2D eigenvalue weighted by Gasteiger charge is 2.20. The zero-order valence-corrected chi connectivity index (χ0v) is 10.2. The first-order valence-corrected chi connectivity index (χ1v) is 5.75. The number of benzene rings is 1. The van der Waals surface area contributed by atoms with E-state index in [-0.39, 0.29) is 12.1 Å². The smallest absolute Gasteiger partial charge is 0.145 e. The Kier molecular flexibility index (Phi) is 3.29. The summed E-state index contributed by atoms with van der Waals surface area (Å²) in [6.45, 7) is 3.33. The minimum absolute atomic E-state index is 0.0282. The van der Waals surface area contributed by atoms with Gasteiger partial charge in [0.1, 0.15) is 11.9 Å². The normalized spacial score (nSPS) is 18.3. The van der Waals surface area contributed by atoms with Gasteiger partial charge in [0.15, 0.2) is 0 Å². The third kappa shape index (κ3) is 2.51. The molecule has 1 fully saturated rings. The van der Waals surface area contributed by atoms with E-state index in [1.165, 1.54) is 0 Å². The van der Waals surface area contributed by atoms with E-state index in [4.69, 9.17) is 15.2 Å². The van der Waals surface area contributed by atoms with E-state index in [1.54, 1.807) is 0 Å². The van der Waals surface area contributed by atoms with Crippen molar-refractivity contribution >= 4 is 15.9 Å². The Morgan fingerprint density at radius 1 is 1.53 bits per heavy atom. The van der Waals surface area contributed by atoms with Gasteiger partial charge in [0.05, 0.1) is 13.2 Å². The van der Waals surface area contributed by atoms with E-state index >= 15 is 0 Å². The molecule has 4 heteroatoms. The lowest BCUT2D eigenvalue weighted by atomic mass is 10.1. The van der Waals surface area contributed by atoms with Crippen molar-refractivity contribution in [2.24, 2.45) is 5.73 Å². The number of nitrogens with two attached hydrogens (primary N) is 1. The van der Waals surface area contributed by atoms with Gasteiger partial charge < -0.3 is 15.2 Å². The van der Waals surface area contributed by atoms with Crippen LogP contribution in [0.4, 0.5) is 0 Å². The third-order valence-corrected chi connectivity index (χ3v) is 3.06. The zero-order chi connectivity index (χ0) is 10.8. The maximum absolute atomic E-state index is 5.81. The van der Waals surface area contributed by atoms with Crippen LogP contribution in [0.25, 0.3) is 0 Å². The van der Waals surface area contributed by atoms with Crippen molar-refractivity contribution in [1.29, 1.82) is 0 Å². The van der Waals surface area contributed by atoms with E-state index in [2.05, 4.69) is 15.9 Å². The second-order valence-electron chi connectivity index (χ2n) is 3.75. The van der Waals surface area contributed by atoms with Crippen molar-refractivity contribution < 1.29 is 9.47 Å². The number of hydrogen-bond donors (Lipinski definition) is 1. The Morgan fingerprint density at radius 3 is 2.73 bits per heavy atom. The number of hydrogen-bond acceptors (Lipinski definition) is 3. The van der Waals surface area contributed by atoms with Crippen LogP contribution in [-0.4, -0.2) is 19.3 Å². The molecule has 15 heavy (non-hydrogen) atoms. The molecular formula is C11H14BrNO2. The van der Waals surface area contributed by atoms with Crippen LogP contribution in [0, 0.1) is 0 Å². The molecule has 0 spiro atoms. The summed E-state index contributed by atoms with van der Waals surface area (Å²) in [5, 5.41) is 0. The molecule has 0 aliphatic carbocycles. The monoisotopic (exact) mass is 271 g/mol. The quantitative estimate of drug-likeness (QED) is 0.917. The molecule has 1 heterocycles. The van der Waals surface area contributed by atoms with Crippen LogP contribution in [0.1, 0.15) is 18.5 Å². The number of rotatable bonds is 3. The highest BCUT2D eigenvalue weighted by molar-refractivity contribution is 9.10. The Morgan fingerprint density at radius 2 is 2.27 bits per heavy atom. The van der Waals surface area contributed by atoms with Crippen LogP contribution in [0.3, 0.4) is 0 Å². The van der Waals surface area contributed by atoms with Gasteiger partial charge in [0.25, 0.3) is 0 Å². The van der Waals surface area contributed by atoms with Crippen molar-refractivity contribution in [1.82, 2.24) is 0 Å². The minimum atomic E-state index is 0.0282. The van der Waals surface area contributed by atoms with E-state index in [0.29, 0.717) is 13.2 Å². The third-order valence-electron chi connectivity index (χ3n) is 2.37. The molecular weight excluding hydrogens is 258 g/mol. The van der Waals surface area contributed by atoms with Crippen molar-refractivity contribution in [3.05, 3.63) is 28.2 Å². The molecule has 0 aromatic heterocycles. The Balaban J connectivity index is 2.10. The molecule has 1 aliphatic heterocycles. The first kappa shape index (κ1) is 10.9. The van der Waals surface area contributed by atoms with Crippen LogP contribution < -0.4 is 10.5 Å². The lowest BCUT2D eigenvalue weighted by Gasteiger charge is -2.27. The van der Waals surface area contributed by atoms with Crippen molar-refractivity contribution in [2.45, 2.75) is 19.1 Å². The van der Waals surface area contributed by atoms with Gasteiger partial charge in [0, 0.05) is 10.5 Å². The molecule has 0 unspecified atom stereocenters. The second-order valence-corrected chi connectivity index (χ2v) is 4.60. The molecule has 1 aliphatic rings. The average Bonchev–Trinajstić information content (AvgIpc) is 2.11. The molecule has 3 nitrogen and oxygen atoms in total. The predicted molar refractivity (Wildman–Crippen MR) is 62.0 cm³/mol. The number of halogens is 1. The Hall–Kier alpha value is -0.580. The maximum Gasteiger partial charge on any atom is 0.145 e. The zero-order valence-electron chi connectivity index (χ0n) is 8.57. The van der Waals surface area contributed by atoms with Crippen molar-refractivity contribution in [2.75, 3.05) is 13.2 Å². The van der Waals surface area contributed by atoms with Crippen molar-refractivity contribution in [3.63, 3.8) is 0 Å². The molecule has 0 amide bonds. The topological polar surface area (TPSA) is 44.5 Å². The van der Waals surface area contributed by atoms with Gasteiger partial charge in [-0.1, -0.05) is 22.0 Å². The summed E-state index contributed by atoms with van der Waals surface area (Å²) < 4.78 is 11.7. The first-order valence-electron chi connectivity index (χ1n) is 4.96. The summed E-state index contributed by atoms with van der Waals surface area (Å²) in [5.74, 6) is 0.861. The minimum Gasteiger partial charge on any atom is -0.486 e. The van der Waals surface area contributed by atoms with Gasteiger partial charge in [-0.3, -0.25) is 0 Å². The highest BCUT2D eigenvalue weighted by atomic mass is 79.9.